The van der Waals surface area contributed by atoms with Crippen LogP contribution in [0.3, 0.4) is 0 Å². The fourth-order valence-electron chi connectivity index (χ4n) is 3.40. The molecule has 2 saturated heterocycles. The van der Waals surface area contributed by atoms with Gasteiger partial charge in [-0.1, -0.05) is 0 Å². The van der Waals surface area contributed by atoms with Gasteiger partial charge in [0, 0.05) is 25.2 Å². The first-order valence-corrected chi connectivity index (χ1v) is 9.37. The zero-order chi connectivity index (χ0) is 17.2. The summed E-state index contributed by atoms with van der Waals surface area (Å²) in [7, 11) is 0. The summed E-state index contributed by atoms with van der Waals surface area (Å²) < 4.78 is 14.0. The van der Waals surface area contributed by atoms with Crippen LogP contribution in [0.1, 0.15) is 29.6 Å². The molecule has 0 bridgehead atoms. The number of morpholine rings is 1. The Balaban J connectivity index is 1.46. The number of nitrogens with zero attached hydrogens (tertiary/aromatic N) is 4. The molecular formula is C17H20N4O3S. The van der Waals surface area contributed by atoms with Crippen LogP contribution in [-0.4, -0.2) is 69.3 Å². The number of carbonyl (C=O) groups is 2. The molecule has 7 nitrogen and oxygen atoms in total. The number of amides is 2. The second kappa shape index (κ2) is 7.05. The third kappa shape index (κ3) is 3.36. The summed E-state index contributed by atoms with van der Waals surface area (Å²) in [4.78, 5) is 29.0. The minimum absolute atomic E-state index is 0.0105. The van der Waals surface area contributed by atoms with Gasteiger partial charge in [0.25, 0.3) is 11.8 Å². The van der Waals surface area contributed by atoms with Crippen LogP contribution in [0, 0.1) is 0 Å². The van der Waals surface area contributed by atoms with Gasteiger partial charge < -0.3 is 14.5 Å². The van der Waals surface area contributed by atoms with E-state index in [1.54, 1.807) is 17.0 Å². The molecule has 1 aromatic heterocycles. The number of hydrogen-bond acceptors (Lipinski definition) is 6. The predicted molar refractivity (Wildman–Crippen MR) is 93.5 cm³/mol. The van der Waals surface area contributed by atoms with Crippen molar-refractivity contribution in [3.05, 3.63) is 23.8 Å². The lowest BCUT2D eigenvalue weighted by Crippen LogP contribution is -2.53. The van der Waals surface area contributed by atoms with Crippen molar-refractivity contribution in [3.63, 3.8) is 0 Å². The van der Waals surface area contributed by atoms with Crippen molar-refractivity contribution < 1.29 is 14.3 Å². The summed E-state index contributed by atoms with van der Waals surface area (Å²) >= 11 is 1.13. The second-order valence-corrected chi connectivity index (χ2v) is 6.99. The molecule has 3 heterocycles. The summed E-state index contributed by atoms with van der Waals surface area (Å²) in [6.07, 6.45) is 2.71. The molecule has 132 valence electrons. The van der Waals surface area contributed by atoms with Gasteiger partial charge in [0.05, 0.1) is 24.9 Å². The van der Waals surface area contributed by atoms with Gasteiger partial charge in [0.15, 0.2) is 6.10 Å². The largest absolute Gasteiger partial charge is 0.365 e. The maximum atomic E-state index is 12.8. The van der Waals surface area contributed by atoms with Crippen LogP contribution in [0.15, 0.2) is 18.2 Å². The number of likely N-dealkylation sites (tertiary alicyclic amines) is 1. The lowest BCUT2D eigenvalue weighted by molar-refractivity contribution is -0.149. The van der Waals surface area contributed by atoms with E-state index >= 15 is 0 Å². The predicted octanol–water partition coefficient (Wildman–Crippen LogP) is 1.54. The van der Waals surface area contributed by atoms with Gasteiger partial charge in [-0.25, -0.2) is 0 Å². The Labute approximate surface area is 149 Å². The van der Waals surface area contributed by atoms with Gasteiger partial charge in [0.1, 0.15) is 11.0 Å². The summed E-state index contributed by atoms with van der Waals surface area (Å²) in [5.74, 6) is -0.0778. The molecule has 2 aliphatic rings. The molecule has 2 fully saturated rings. The van der Waals surface area contributed by atoms with E-state index in [0.717, 1.165) is 48.7 Å². The zero-order valence-corrected chi connectivity index (χ0v) is 14.7. The van der Waals surface area contributed by atoms with Crippen LogP contribution in [0.5, 0.6) is 0 Å². The van der Waals surface area contributed by atoms with E-state index in [4.69, 9.17) is 4.74 Å². The normalized spacial score (nSPS) is 21.5. The highest BCUT2D eigenvalue weighted by Gasteiger charge is 2.33. The van der Waals surface area contributed by atoms with Gasteiger partial charge in [-0.15, -0.1) is 0 Å². The Kier molecular flexibility index (Phi) is 4.63. The molecule has 2 amide bonds. The van der Waals surface area contributed by atoms with Crippen molar-refractivity contribution in [2.75, 3.05) is 32.8 Å². The fraction of sp³-hybridized carbons (Fsp3) is 0.529. The van der Waals surface area contributed by atoms with E-state index in [2.05, 4.69) is 8.75 Å². The molecule has 1 atom stereocenters. The van der Waals surface area contributed by atoms with Gasteiger partial charge in [-0.3, -0.25) is 9.59 Å². The summed E-state index contributed by atoms with van der Waals surface area (Å²) in [6, 6.07) is 5.34. The molecule has 0 aliphatic carbocycles. The first-order chi connectivity index (χ1) is 12.2. The second-order valence-electron chi connectivity index (χ2n) is 6.46. The van der Waals surface area contributed by atoms with E-state index in [1.807, 2.05) is 11.0 Å². The van der Waals surface area contributed by atoms with Gasteiger partial charge >= 0.3 is 0 Å². The van der Waals surface area contributed by atoms with Crippen LogP contribution in [0.2, 0.25) is 0 Å². The molecule has 0 unspecified atom stereocenters. The number of aromatic nitrogens is 2. The third-order valence-electron chi connectivity index (χ3n) is 4.80. The van der Waals surface area contributed by atoms with Crippen LogP contribution in [0.4, 0.5) is 0 Å². The number of benzene rings is 1. The lowest BCUT2D eigenvalue weighted by Gasteiger charge is -2.36. The average molecular weight is 360 g/mol. The monoisotopic (exact) mass is 360 g/mol. The number of carbonyl (C=O) groups excluding carboxylic acids is 2. The standard InChI is InChI=1S/C17H20N4O3S/c22-16(12-4-5-13-14(10-12)19-25-18-13)21-8-9-24-15(11-21)17(23)20-6-2-1-3-7-20/h4-5,10,15H,1-3,6-9,11H2/t15-/m1/s1. The molecule has 2 aromatic rings. The quantitative estimate of drug-likeness (QED) is 0.812. The highest BCUT2D eigenvalue weighted by Crippen LogP contribution is 2.18. The van der Waals surface area contributed by atoms with Crippen molar-refractivity contribution >= 4 is 34.6 Å². The molecule has 25 heavy (non-hydrogen) atoms. The number of hydrogen-bond donors (Lipinski definition) is 0. The fourth-order valence-corrected chi connectivity index (χ4v) is 3.92. The van der Waals surface area contributed by atoms with E-state index in [1.165, 1.54) is 6.42 Å². The number of piperidine rings is 1. The van der Waals surface area contributed by atoms with Crippen molar-refractivity contribution in [2.45, 2.75) is 25.4 Å². The minimum atomic E-state index is -0.555. The van der Waals surface area contributed by atoms with E-state index in [0.29, 0.717) is 25.3 Å². The molecule has 0 N–H and O–H groups in total. The minimum Gasteiger partial charge on any atom is -0.365 e. The lowest BCUT2D eigenvalue weighted by atomic mass is 10.1. The average Bonchev–Trinajstić information content (AvgIpc) is 3.15. The van der Waals surface area contributed by atoms with Crippen LogP contribution < -0.4 is 0 Å². The molecular weight excluding hydrogens is 340 g/mol. The Morgan fingerprint density at radius 1 is 1.04 bits per heavy atom. The molecule has 2 aliphatic heterocycles. The molecule has 0 radical (unpaired) electrons. The molecule has 4 rings (SSSR count). The topological polar surface area (TPSA) is 75.6 Å². The first kappa shape index (κ1) is 16.4. The molecule has 1 aromatic carbocycles. The number of rotatable bonds is 2. The number of ether oxygens (including phenoxy) is 1. The molecule has 0 spiro atoms. The summed E-state index contributed by atoms with van der Waals surface area (Å²) in [5, 5.41) is 0. The summed E-state index contributed by atoms with van der Waals surface area (Å²) in [6.45, 7) is 2.77. The third-order valence-corrected chi connectivity index (χ3v) is 5.35. The SMILES string of the molecule is O=C(c1ccc2nsnc2c1)N1CCO[C@@H](C(=O)N2CCCCC2)C1. The zero-order valence-electron chi connectivity index (χ0n) is 13.9. The smallest absolute Gasteiger partial charge is 0.254 e. The molecule has 8 heteroatoms. The van der Waals surface area contributed by atoms with Crippen LogP contribution >= 0.6 is 11.7 Å². The van der Waals surface area contributed by atoms with Crippen LogP contribution in [-0.2, 0) is 9.53 Å². The van der Waals surface area contributed by atoms with Gasteiger partial charge in [-0.2, -0.15) is 8.75 Å². The van der Waals surface area contributed by atoms with Gasteiger partial charge in [-0.05, 0) is 37.5 Å². The highest BCUT2D eigenvalue weighted by atomic mass is 32.1. The Morgan fingerprint density at radius 3 is 2.68 bits per heavy atom. The van der Waals surface area contributed by atoms with Gasteiger partial charge in [0.2, 0.25) is 0 Å². The Morgan fingerprint density at radius 2 is 1.84 bits per heavy atom. The maximum absolute atomic E-state index is 12.8. The van der Waals surface area contributed by atoms with E-state index < -0.39 is 6.10 Å². The van der Waals surface area contributed by atoms with Crippen molar-refractivity contribution in [1.29, 1.82) is 0 Å². The van der Waals surface area contributed by atoms with Crippen molar-refractivity contribution in [1.82, 2.24) is 18.5 Å². The maximum Gasteiger partial charge on any atom is 0.254 e. The highest BCUT2D eigenvalue weighted by molar-refractivity contribution is 7.00. The van der Waals surface area contributed by atoms with E-state index in [-0.39, 0.29) is 11.8 Å². The Bertz CT molecular complexity index is 787. The number of fused-ring (bicyclic) bond motifs is 1. The van der Waals surface area contributed by atoms with Crippen LogP contribution in [0.25, 0.3) is 11.0 Å². The van der Waals surface area contributed by atoms with E-state index in [9.17, 15) is 9.59 Å². The molecule has 0 saturated carbocycles. The summed E-state index contributed by atoms with van der Waals surface area (Å²) in [5.41, 5.74) is 2.10. The Hall–Kier alpha value is -2.06. The van der Waals surface area contributed by atoms with Crippen molar-refractivity contribution in [2.24, 2.45) is 0 Å². The first-order valence-electron chi connectivity index (χ1n) is 8.64. The van der Waals surface area contributed by atoms with Crippen molar-refractivity contribution in [3.8, 4) is 0 Å².